The van der Waals surface area contributed by atoms with E-state index in [1.165, 1.54) is 0 Å². The Morgan fingerprint density at radius 1 is 1.62 bits per heavy atom. The predicted molar refractivity (Wildman–Crippen MR) is 50.2 cm³/mol. The molecule has 1 unspecified atom stereocenters. The maximum absolute atomic E-state index is 9.58. The third-order valence-electron chi connectivity index (χ3n) is 1.70. The van der Waals surface area contributed by atoms with E-state index >= 15 is 0 Å². The van der Waals surface area contributed by atoms with E-state index in [-0.39, 0.29) is 0 Å². The first kappa shape index (κ1) is 10.1. The van der Waals surface area contributed by atoms with Crippen LogP contribution in [-0.4, -0.2) is 28.4 Å². The summed E-state index contributed by atoms with van der Waals surface area (Å²) in [5.41, 5.74) is 0.617. The van der Waals surface area contributed by atoms with Crippen LogP contribution < -0.4 is 5.32 Å². The molecule has 1 aromatic rings. The second-order valence-electron chi connectivity index (χ2n) is 2.87. The van der Waals surface area contributed by atoms with E-state index in [4.69, 9.17) is 0 Å². The number of aromatic nitrogens is 2. The highest BCUT2D eigenvalue weighted by atomic mass is 16.3. The van der Waals surface area contributed by atoms with Crippen LogP contribution in [0.5, 0.6) is 0 Å². The average Bonchev–Trinajstić information content (AvgIpc) is 2.19. The van der Waals surface area contributed by atoms with Crippen molar-refractivity contribution < 1.29 is 5.11 Å². The fraction of sp³-hybridized carbons (Fsp3) is 0.556. The molecular formula is C9H15N3O. The summed E-state index contributed by atoms with van der Waals surface area (Å²) in [4.78, 5) is 0. The van der Waals surface area contributed by atoms with Crippen molar-refractivity contribution in [3.05, 3.63) is 24.0 Å². The molecule has 0 aromatic carbocycles. The number of aliphatic hydroxyl groups is 1. The minimum Gasteiger partial charge on any atom is -0.385 e. The van der Waals surface area contributed by atoms with Gasteiger partial charge in [-0.15, -0.1) is 0 Å². The maximum atomic E-state index is 9.58. The largest absolute Gasteiger partial charge is 0.385 e. The molecule has 1 heterocycles. The lowest BCUT2D eigenvalue weighted by Crippen LogP contribution is -2.22. The molecule has 72 valence electrons. The van der Waals surface area contributed by atoms with Crippen molar-refractivity contribution in [2.75, 3.05) is 13.1 Å². The molecule has 13 heavy (non-hydrogen) atoms. The van der Waals surface area contributed by atoms with Crippen LogP contribution in [0.1, 0.15) is 25.1 Å². The van der Waals surface area contributed by atoms with E-state index in [1.54, 1.807) is 18.3 Å². The van der Waals surface area contributed by atoms with E-state index in [9.17, 15) is 5.11 Å². The second-order valence-corrected chi connectivity index (χ2v) is 2.87. The third-order valence-corrected chi connectivity index (χ3v) is 1.70. The van der Waals surface area contributed by atoms with Crippen LogP contribution >= 0.6 is 0 Å². The van der Waals surface area contributed by atoms with Crippen LogP contribution in [-0.2, 0) is 0 Å². The summed E-state index contributed by atoms with van der Waals surface area (Å²) in [5.74, 6) is 0. The fourth-order valence-electron chi connectivity index (χ4n) is 1.01. The Morgan fingerprint density at radius 2 is 2.46 bits per heavy atom. The highest BCUT2D eigenvalue weighted by Crippen LogP contribution is 2.05. The first-order chi connectivity index (χ1) is 6.34. The van der Waals surface area contributed by atoms with Gasteiger partial charge in [-0.1, -0.05) is 6.92 Å². The summed E-state index contributed by atoms with van der Waals surface area (Å²) in [7, 11) is 0. The zero-order valence-electron chi connectivity index (χ0n) is 7.77. The van der Waals surface area contributed by atoms with E-state index < -0.39 is 6.10 Å². The van der Waals surface area contributed by atoms with Crippen molar-refractivity contribution in [2.45, 2.75) is 19.4 Å². The summed E-state index contributed by atoms with van der Waals surface area (Å²) in [6.45, 7) is 3.53. The predicted octanol–water partition coefficient (Wildman–Crippen LogP) is 0.510. The van der Waals surface area contributed by atoms with Crippen LogP contribution in [0.25, 0.3) is 0 Å². The number of aliphatic hydroxyl groups excluding tert-OH is 1. The highest BCUT2D eigenvalue weighted by Gasteiger charge is 2.07. The number of rotatable bonds is 5. The lowest BCUT2D eigenvalue weighted by molar-refractivity contribution is 0.169. The van der Waals surface area contributed by atoms with Gasteiger partial charge in [0.25, 0.3) is 0 Å². The number of nitrogens with zero attached hydrogens (tertiary/aromatic N) is 2. The quantitative estimate of drug-likeness (QED) is 0.650. The molecule has 0 amide bonds. The summed E-state index contributed by atoms with van der Waals surface area (Å²) < 4.78 is 0. The second kappa shape index (κ2) is 5.61. The van der Waals surface area contributed by atoms with Crippen LogP contribution in [0, 0.1) is 0 Å². The van der Waals surface area contributed by atoms with Gasteiger partial charge in [0.05, 0.1) is 5.69 Å². The van der Waals surface area contributed by atoms with Gasteiger partial charge in [-0.3, -0.25) is 0 Å². The van der Waals surface area contributed by atoms with Gasteiger partial charge in [0.15, 0.2) is 0 Å². The van der Waals surface area contributed by atoms with Crippen LogP contribution in [0.2, 0.25) is 0 Å². The molecule has 1 aromatic heterocycles. The smallest absolute Gasteiger partial charge is 0.110 e. The Balaban J connectivity index is 2.35. The van der Waals surface area contributed by atoms with Gasteiger partial charge < -0.3 is 10.4 Å². The van der Waals surface area contributed by atoms with Crippen molar-refractivity contribution in [3.63, 3.8) is 0 Å². The number of nitrogens with one attached hydrogen (secondary N) is 1. The average molecular weight is 181 g/mol. The normalized spacial score (nSPS) is 12.8. The first-order valence-corrected chi connectivity index (χ1v) is 4.51. The summed E-state index contributed by atoms with van der Waals surface area (Å²) >= 11 is 0. The molecule has 4 heteroatoms. The van der Waals surface area contributed by atoms with Gasteiger partial charge >= 0.3 is 0 Å². The minimum atomic E-state index is -0.555. The van der Waals surface area contributed by atoms with Crippen LogP contribution in [0.4, 0.5) is 0 Å². The van der Waals surface area contributed by atoms with Crippen molar-refractivity contribution in [3.8, 4) is 0 Å². The molecule has 1 rings (SSSR count). The molecule has 0 aliphatic carbocycles. The molecule has 0 aliphatic heterocycles. The monoisotopic (exact) mass is 181 g/mol. The molecule has 1 atom stereocenters. The topological polar surface area (TPSA) is 58.0 Å². The van der Waals surface area contributed by atoms with Crippen molar-refractivity contribution in [1.29, 1.82) is 0 Å². The van der Waals surface area contributed by atoms with Crippen LogP contribution in [0.3, 0.4) is 0 Å². The van der Waals surface area contributed by atoms with Gasteiger partial charge in [0.2, 0.25) is 0 Å². The van der Waals surface area contributed by atoms with Gasteiger partial charge in [0.1, 0.15) is 6.10 Å². The molecule has 0 aliphatic rings. The highest BCUT2D eigenvalue weighted by molar-refractivity contribution is 5.02. The van der Waals surface area contributed by atoms with E-state index in [0.717, 1.165) is 13.0 Å². The van der Waals surface area contributed by atoms with Crippen molar-refractivity contribution >= 4 is 0 Å². The van der Waals surface area contributed by atoms with Gasteiger partial charge in [-0.05, 0) is 25.1 Å². The zero-order chi connectivity index (χ0) is 9.52. The number of hydrogen-bond acceptors (Lipinski definition) is 4. The molecule has 0 spiro atoms. The fourth-order valence-corrected chi connectivity index (χ4v) is 1.01. The molecule has 0 radical (unpaired) electrons. The van der Waals surface area contributed by atoms with Gasteiger partial charge in [-0.2, -0.15) is 10.2 Å². The van der Waals surface area contributed by atoms with Gasteiger partial charge in [-0.25, -0.2) is 0 Å². The lowest BCUT2D eigenvalue weighted by atomic mass is 10.2. The Labute approximate surface area is 78.0 Å². The standard InChI is InChI=1S/C9H15N3O/c1-2-5-10-7-9(13)8-4-3-6-11-12-8/h3-4,6,9-10,13H,2,5,7H2,1H3. The molecule has 4 nitrogen and oxygen atoms in total. The molecule has 0 bridgehead atoms. The van der Waals surface area contributed by atoms with Crippen LogP contribution in [0.15, 0.2) is 18.3 Å². The SMILES string of the molecule is CCCNCC(O)c1cccnn1. The Morgan fingerprint density at radius 3 is 3.08 bits per heavy atom. The molecule has 2 N–H and O–H groups in total. The molecule has 0 saturated carbocycles. The lowest BCUT2D eigenvalue weighted by Gasteiger charge is -2.09. The molecule has 0 fully saturated rings. The van der Waals surface area contributed by atoms with E-state index in [0.29, 0.717) is 12.2 Å². The Kier molecular flexibility index (Phi) is 4.35. The number of hydrogen-bond donors (Lipinski definition) is 2. The third kappa shape index (κ3) is 3.48. The molecule has 0 saturated heterocycles. The first-order valence-electron chi connectivity index (χ1n) is 4.51. The summed E-state index contributed by atoms with van der Waals surface area (Å²) in [5, 5.41) is 20.2. The van der Waals surface area contributed by atoms with Crippen molar-refractivity contribution in [1.82, 2.24) is 15.5 Å². The zero-order valence-corrected chi connectivity index (χ0v) is 7.77. The maximum Gasteiger partial charge on any atom is 0.110 e. The minimum absolute atomic E-state index is 0.534. The summed E-state index contributed by atoms with van der Waals surface area (Å²) in [6.07, 6.45) is 2.10. The summed E-state index contributed by atoms with van der Waals surface area (Å²) in [6, 6.07) is 3.54. The molecular weight excluding hydrogens is 166 g/mol. The van der Waals surface area contributed by atoms with Crippen molar-refractivity contribution in [2.24, 2.45) is 0 Å². The van der Waals surface area contributed by atoms with E-state index in [1.807, 2.05) is 0 Å². The Bertz CT molecular complexity index is 228. The Hall–Kier alpha value is -1.00. The van der Waals surface area contributed by atoms with E-state index in [2.05, 4.69) is 22.4 Å². The van der Waals surface area contributed by atoms with Gasteiger partial charge in [0, 0.05) is 12.7 Å².